The van der Waals surface area contributed by atoms with Gasteiger partial charge in [-0.2, -0.15) is 0 Å². The molecule has 0 bridgehead atoms. The molecule has 11 heteroatoms. The summed E-state index contributed by atoms with van der Waals surface area (Å²) in [5, 5.41) is 3.66. The molecule has 0 unspecified atom stereocenters. The van der Waals surface area contributed by atoms with E-state index in [1.807, 2.05) is 4.90 Å². The molecule has 10 nitrogen and oxygen atoms in total. The van der Waals surface area contributed by atoms with Crippen LogP contribution in [0.2, 0.25) is 0 Å². The van der Waals surface area contributed by atoms with Gasteiger partial charge in [0.2, 0.25) is 21.8 Å². The summed E-state index contributed by atoms with van der Waals surface area (Å²) in [6.07, 6.45) is 4.62. The molecule has 2 aliphatic heterocycles. The lowest BCUT2D eigenvalue weighted by Crippen LogP contribution is -2.52. The molecular weight excluding hydrogens is 422 g/mol. The van der Waals surface area contributed by atoms with E-state index in [1.165, 1.54) is 19.8 Å². The zero-order valence-electron chi connectivity index (χ0n) is 18.4. The van der Waals surface area contributed by atoms with Crippen LogP contribution in [0.5, 0.6) is 0 Å². The van der Waals surface area contributed by atoms with Crippen molar-refractivity contribution >= 4 is 21.8 Å². The van der Waals surface area contributed by atoms with Gasteiger partial charge in [-0.25, -0.2) is 13.1 Å². The minimum Gasteiger partial charge on any atom is -0.360 e. The number of carbonyl (C=O) groups excluding carboxylic acids is 2. The second-order valence-electron chi connectivity index (χ2n) is 8.25. The number of hydrogen-bond donors (Lipinski definition) is 1. The third-order valence-electron chi connectivity index (χ3n) is 5.91. The molecule has 31 heavy (non-hydrogen) atoms. The van der Waals surface area contributed by atoms with Gasteiger partial charge in [-0.3, -0.25) is 14.5 Å². The van der Waals surface area contributed by atoms with E-state index in [0.717, 1.165) is 25.9 Å². The van der Waals surface area contributed by atoms with Gasteiger partial charge >= 0.3 is 0 Å². The Balaban J connectivity index is 1.39. The first-order chi connectivity index (χ1) is 14.8. The number of hydrogen-bond acceptors (Lipinski definition) is 7. The van der Waals surface area contributed by atoms with Gasteiger partial charge in [-0.1, -0.05) is 18.0 Å². The van der Waals surface area contributed by atoms with E-state index in [0.29, 0.717) is 38.4 Å². The van der Waals surface area contributed by atoms with Gasteiger partial charge in [0.25, 0.3) is 0 Å². The molecule has 2 saturated heterocycles. The smallest absolute Gasteiger partial charge is 0.245 e. The quantitative estimate of drug-likeness (QED) is 0.637. The van der Waals surface area contributed by atoms with Crippen LogP contribution in [0.1, 0.15) is 43.6 Å². The molecule has 0 aliphatic carbocycles. The highest BCUT2D eigenvalue weighted by atomic mass is 32.2. The lowest BCUT2D eigenvalue weighted by molar-refractivity contribution is -0.135. The van der Waals surface area contributed by atoms with Crippen LogP contribution in [0.25, 0.3) is 0 Å². The number of rotatable bonds is 7. The number of likely N-dealkylation sites (tertiary alicyclic amines) is 1. The number of carbonyl (C=O) groups is 2. The van der Waals surface area contributed by atoms with Crippen molar-refractivity contribution in [2.24, 2.45) is 0 Å². The summed E-state index contributed by atoms with van der Waals surface area (Å²) < 4.78 is 32.2. The van der Waals surface area contributed by atoms with Crippen LogP contribution in [0.4, 0.5) is 0 Å². The number of nitrogens with one attached hydrogen (secondary N) is 1. The fraction of sp³-hybridized carbons (Fsp3) is 0.750. The number of aryl methyl sites for hydroxylation is 2. The fourth-order valence-electron chi connectivity index (χ4n) is 4.15. The number of aromatic nitrogens is 1. The van der Waals surface area contributed by atoms with Gasteiger partial charge in [-0.15, -0.1) is 0 Å². The standard InChI is InChI=1S/C20H33N5O5S/c1-16-20(17(2)30-22-16)31(28,29)21-8-7-18(26)25-13-11-23(12-14-25)15-19(27)24-9-5-3-4-6-10-24/h21H,3-15H2,1-2H3. The van der Waals surface area contributed by atoms with Crippen LogP contribution >= 0.6 is 0 Å². The van der Waals surface area contributed by atoms with Crippen molar-refractivity contribution in [2.75, 3.05) is 52.4 Å². The SMILES string of the molecule is Cc1noc(C)c1S(=O)(=O)NCCC(=O)N1CCN(CC(=O)N2CCCCCC2)CC1. The summed E-state index contributed by atoms with van der Waals surface area (Å²) in [7, 11) is -3.77. The molecule has 3 heterocycles. The molecule has 2 fully saturated rings. The Morgan fingerprint density at radius 2 is 1.55 bits per heavy atom. The van der Waals surface area contributed by atoms with E-state index < -0.39 is 10.0 Å². The number of sulfonamides is 1. The van der Waals surface area contributed by atoms with Gasteiger partial charge in [0.15, 0.2) is 5.76 Å². The molecule has 0 radical (unpaired) electrons. The molecule has 1 N–H and O–H groups in total. The Kier molecular flexibility index (Phi) is 8.06. The fourth-order valence-corrected chi connectivity index (χ4v) is 5.50. The van der Waals surface area contributed by atoms with Crippen LogP contribution in [-0.2, 0) is 19.6 Å². The number of piperazine rings is 1. The Labute approximate surface area is 184 Å². The highest BCUT2D eigenvalue weighted by Gasteiger charge is 2.26. The van der Waals surface area contributed by atoms with Crippen molar-refractivity contribution in [1.29, 1.82) is 0 Å². The van der Waals surface area contributed by atoms with Crippen LogP contribution in [0.3, 0.4) is 0 Å². The topological polar surface area (TPSA) is 116 Å². The van der Waals surface area contributed by atoms with Gasteiger partial charge in [0.05, 0.1) is 6.54 Å². The van der Waals surface area contributed by atoms with Gasteiger partial charge in [0, 0.05) is 52.2 Å². The number of amides is 2. The lowest BCUT2D eigenvalue weighted by Gasteiger charge is -2.35. The second-order valence-corrected chi connectivity index (χ2v) is 9.96. The summed E-state index contributed by atoms with van der Waals surface area (Å²) in [5.41, 5.74) is 0.294. The largest absolute Gasteiger partial charge is 0.360 e. The molecule has 0 atom stereocenters. The van der Waals surface area contributed by atoms with Crippen molar-refractivity contribution in [2.45, 2.75) is 50.8 Å². The summed E-state index contributed by atoms with van der Waals surface area (Å²) in [5.74, 6) is 0.303. The molecule has 174 valence electrons. The Morgan fingerprint density at radius 3 is 2.13 bits per heavy atom. The monoisotopic (exact) mass is 455 g/mol. The molecule has 0 saturated carbocycles. The zero-order chi connectivity index (χ0) is 22.4. The van der Waals surface area contributed by atoms with E-state index in [4.69, 9.17) is 4.52 Å². The van der Waals surface area contributed by atoms with Crippen molar-refractivity contribution in [1.82, 2.24) is 24.6 Å². The second kappa shape index (κ2) is 10.6. The Bertz CT molecular complexity index is 849. The first-order valence-electron chi connectivity index (χ1n) is 11.0. The van der Waals surface area contributed by atoms with E-state index in [9.17, 15) is 18.0 Å². The summed E-state index contributed by atoms with van der Waals surface area (Å²) in [4.78, 5) is 30.9. The minimum atomic E-state index is -3.77. The third-order valence-corrected chi connectivity index (χ3v) is 7.61. The number of nitrogens with zero attached hydrogens (tertiary/aromatic N) is 4. The van der Waals surface area contributed by atoms with Gasteiger partial charge in [0.1, 0.15) is 10.6 Å². The van der Waals surface area contributed by atoms with Crippen molar-refractivity contribution in [3.63, 3.8) is 0 Å². The van der Waals surface area contributed by atoms with E-state index >= 15 is 0 Å². The molecule has 2 amide bonds. The average molecular weight is 456 g/mol. The van der Waals surface area contributed by atoms with Crippen LogP contribution in [0.15, 0.2) is 9.42 Å². The third kappa shape index (κ3) is 6.27. The summed E-state index contributed by atoms with van der Waals surface area (Å²) in [6.45, 7) is 7.60. The Hall–Kier alpha value is -1.98. The van der Waals surface area contributed by atoms with Crippen molar-refractivity contribution < 1.29 is 22.5 Å². The molecule has 0 aromatic carbocycles. The molecule has 0 spiro atoms. The average Bonchev–Trinajstić information content (AvgIpc) is 2.93. The Morgan fingerprint density at radius 1 is 0.935 bits per heavy atom. The summed E-state index contributed by atoms with van der Waals surface area (Å²) in [6, 6.07) is 0. The summed E-state index contributed by atoms with van der Waals surface area (Å²) >= 11 is 0. The molecule has 3 rings (SSSR count). The molecule has 1 aromatic heterocycles. The highest BCUT2D eigenvalue weighted by molar-refractivity contribution is 7.89. The first-order valence-corrected chi connectivity index (χ1v) is 12.5. The zero-order valence-corrected chi connectivity index (χ0v) is 19.2. The lowest BCUT2D eigenvalue weighted by atomic mass is 10.2. The maximum atomic E-state index is 12.5. The minimum absolute atomic E-state index is 0.0128. The maximum Gasteiger partial charge on any atom is 0.245 e. The van der Waals surface area contributed by atoms with Crippen LogP contribution in [0, 0.1) is 13.8 Å². The molecule has 2 aliphatic rings. The van der Waals surface area contributed by atoms with E-state index in [2.05, 4.69) is 14.8 Å². The van der Waals surface area contributed by atoms with Crippen molar-refractivity contribution in [3.05, 3.63) is 11.5 Å². The predicted molar refractivity (Wildman–Crippen MR) is 114 cm³/mol. The normalized spacial score (nSPS) is 18.8. The van der Waals surface area contributed by atoms with Crippen molar-refractivity contribution in [3.8, 4) is 0 Å². The van der Waals surface area contributed by atoms with Crippen LogP contribution < -0.4 is 4.72 Å². The molecule has 1 aromatic rings. The maximum absolute atomic E-state index is 12.5. The molecular formula is C20H33N5O5S. The van der Waals surface area contributed by atoms with Crippen LogP contribution in [-0.4, -0.2) is 92.4 Å². The van der Waals surface area contributed by atoms with E-state index in [1.54, 1.807) is 11.8 Å². The van der Waals surface area contributed by atoms with Gasteiger partial charge in [-0.05, 0) is 26.7 Å². The van der Waals surface area contributed by atoms with E-state index in [-0.39, 0.29) is 35.4 Å². The van der Waals surface area contributed by atoms with Gasteiger partial charge < -0.3 is 14.3 Å². The first kappa shape index (κ1) is 23.7. The predicted octanol–water partition coefficient (Wildman–Crippen LogP) is 0.507. The highest BCUT2D eigenvalue weighted by Crippen LogP contribution is 2.18.